The lowest BCUT2D eigenvalue weighted by atomic mass is 10.2. The average molecular weight is 455 g/mol. The van der Waals surface area contributed by atoms with E-state index in [0.717, 1.165) is 39.3 Å². The fourth-order valence-corrected chi connectivity index (χ4v) is 4.04. The third-order valence-electron chi connectivity index (χ3n) is 5.65. The number of para-hydroxylation sites is 2. The minimum Gasteiger partial charge on any atom is -0.493 e. The Hall–Kier alpha value is -4.13. The summed E-state index contributed by atoms with van der Waals surface area (Å²) in [7, 11) is 0. The van der Waals surface area contributed by atoms with E-state index in [1.807, 2.05) is 93.0 Å². The van der Waals surface area contributed by atoms with E-state index in [2.05, 4.69) is 4.98 Å². The monoisotopic (exact) mass is 454 g/mol. The van der Waals surface area contributed by atoms with Crippen molar-refractivity contribution in [1.82, 2.24) is 19.7 Å². The van der Waals surface area contributed by atoms with Crippen molar-refractivity contribution < 1.29 is 13.9 Å². The SMILES string of the molecule is CCOc1ccccc1-c1nc(COc2cc(C)c3c(C)nn(-c4ccccc4)c3n2)c(C)o1. The molecule has 0 N–H and O–H groups in total. The number of ether oxygens (including phenoxy) is 2. The molecule has 172 valence electrons. The molecule has 0 saturated heterocycles. The lowest BCUT2D eigenvalue weighted by molar-refractivity contribution is 0.288. The fraction of sp³-hybridized carbons (Fsp3) is 0.222. The first-order valence-corrected chi connectivity index (χ1v) is 11.3. The molecular weight excluding hydrogens is 428 g/mol. The molecule has 3 aromatic heterocycles. The second-order valence-electron chi connectivity index (χ2n) is 8.05. The molecule has 0 fully saturated rings. The van der Waals surface area contributed by atoms with Crippen LogP contribution < -0.4 is 9.47 Å². The number of hydrogen-bond donors (Lipinski definition) is 0. The van der Waals surface area contributed by atoms with Crippen molar-refractivity contribution in [1.29, 1.82) is 0 Å². The maximum atomic E-state index is 6.08. The predicted molar refractivity (Wildman–Crippen MR) is 131 cm³/mol. The summed E-state index contributed by atoms with van der Waals surface area (Å²) < 4.78 is 19.6. The molecule has 0 atom stereocenters. The van der Waals surface area contributed by atoms with Crippen molar-refractivity contribution in [2.45, 2.75) is 34.3 Å². The van der Waals surface area contributed by atoms with Crippen molar-refractivity contribution >= 4 is 11.0 Å². The predicted octanol–water partition coefficient (Wildman–Crippen LogP) is 5.98. The molecule has 0 aliphatic rings. The van der Waals surface area contributed by atoms with Gasteiger partial charge in [-0.15, -0.1) is 0 Å². The van der Waals surface area contributed by atoms with Crippen LogP contribution in [-0.4, -0.2) is 26.4 Å². The Labute approximate surface area is 198 Å². The Bertz CT molecular complexity index is 1450. The zero-order valence-corrected chi connectivity index (χ0v) is 19.7. The molecule has 0 spiro atoms. The Kier molecular flexibility index (Phi) is 5.76. The molecular formula is C27H26N4O3. The van der Waals surface area contributed by atoms with Crippen molar-refractivity contribution in [3.8, 4) is 28.8 Å². The van der Waals surface area contributed by atoms with Crippen molar-refractivity contribution in [2.75, 3.05) is 6.61 Å². The van der Waals surface area contributed by atoms with Gasteiger partial charge in [-0.25, -0.2) is 9.67 Å². The van der Waals surface area contributed by atoms with E-state index in [-0.39, 0.29) is 6.61 Å². The third-order valence-corrected chi connectivity index (χ3v) is 5.65. The zero-order valence-electron chi connectivity index (χ0n) is 19.7. The lowest BCUT2D eigenvalue weighted by Gasteiger charge is -2.08. The second kappa shape index (κ2) is 9.02. The van der Waals surface area contributed by atoms with Gasteiger partial charge < -0.3 is 13.9 Å². The summed E-state index contributed by atoms with van der Waals surface area (Å²) >= 11 is 0. The van der Waals surface area contributed by atoms with Gasteiger partial charge in [-0.05, 0) is 57.5 Å². The minimum absolute atomic E-state index is 0.239. The highest BCUT2D eigenvalue weighted by Gasteiger charge is 2.18. The number of aromatic nitrogens is 4. The molecule has 2 aromatic carbocycles. The molecule has 0 unspecified atom stereocenters. The van der Waals surface area contributed by atoms with Crippen LogP contribution in [0.15, 0.2) is 65.1 Å². The first kappa shape index (κ1) is 21.7. The van der Waals surface area contributed by atoms with Gasteiger partial charge in [0.15, 0.2) is 5.65 Å². The van der Waals surface area contributed by atoms with Gasteiger partial charge in [0.25, 0.3) is 0 Å². The van der Waals surface area contributed by atoms with E-state index in [0.29, 0.717) is 29.8 Å². The van der Waals surface area contributed by atoms with E-state index in [1.54, 1.807) is 0 Å². The Morgan fingerprint density at radius 3 is 2.47 bits per heavy atom. The van der Waals surface area contributed by atoms with Crippen LogP contribution in [0.2, 0.25) is 0 Å². The highest BCUT2D eigenvalue weighted by Crippen LogP contribution is 2.31. The molecule has 0 amide bonds. The highest BCUT2D eigenvalue weighted by molar-refractivity contribution is 5.84. The smallest absolute Gasteiger partial charge is 0.230 e. The van der Waals surface area contributed by atoms with Crippen LogP contribution in [0.25, 0.3) is 28.2 Å². The lowest BCUT2D eigenvalue weighted by Crippen LogP contribution is -2.02. The van der Waals surface area contributed by atoms with Gasteiger partial charge in [0, 0.05) is 11.5 Å². The van der Waals surface area contributed by atoms with Crippen LogP contribution >= 0.6 is 0 Å². The van der Waals surface area contributed by atoms with Crippen LogP contribution in [0, 0.1) is 20.8 Å². The minimum atomic E-state index is 0.239. The van der Waals surface area contributed by atoms with Gasteiger partial charge in [-0.2, -0.15) is 10.1 Å². The molecule has 7 heteroatoms. The van der Waals surface area contributed by atoms with Gasteiger partial charge in [0.2, 0.25) is 11.8 Å². The molecule has 7 nitrogen and oxygen atoms in total. The number of rotatable bonds is 7. The number of fused-ring (bicyclic) bond motifs is 1. The summed E-state index contributed by atoms with van der Waals surface area (Å²) in [6.45, 7) is 8.69. The van der Waals surface area contributed by atoms with Crippen molar-refractivity contribution in [3.05, 3.63) is 83.4 Å². The molecule has 0 aliphatic heterocycles. The van der Waals surface area contributed by atoms with E-state index in [4.69, 9.17) is 24.0 Å². The van der Waals surface area contributed by atoms with Crippen molar-refractivity contribution in [3.63, 3.8) is 0 Å². The molecule has 5 aromatic rings. The number of hydrogen-bond acceptors (Lipinski definition) is 6. The average Bonchev–Trinajstić information content (AvgIpc) is 3.38. The number of benzene rings is 2. The molecule has 34 heavy (non-hydrogen) atoms. The first-order chi connectivity index (χ1) is 16.5. The van der Waals surface area contributed by atoms with Crippen LogP contribution in [0.3, 0.4) is 0 Å². The van der Waals surface area contributed by atoms with E-state index in [9.17, 15) is 0 Å². The summed E-state index contributed by atoms with van der Waals surface area (Å²) in [4.78, 5) is 9.46. The maximum absolute atomic E-state index is 6.08. The largest absolute Gasteiger partial charge is 0.493 e. The van der Waals surface area contributed by atoms with Gasteiger partial charge in [0.05, 0.1) is 23.6 Å². The number of oxazole rings is 1. The fourth-order valence-electron chi connectivity index (χ4n) is 4.04. The van der Waals surface area contributed by atoms with Crippen LogP contribution in [0.5, 0.6) is 11.6 Å². The van der Waals surface area contributed by atoms with Crippen molar-refractivity contribution in [2.24, 2.45) is 0 Å². The standard InChI is InChI=1S/C27H26N4O3/c1-5-32-23-14-10-9-13-21(23)27-28-22(19(4)34-27)16-33-24-15-17(2)25-18(3)30-31(26(25)29-24)20-11-7-6-8-12-20/h6-15H,5,16H2,1-4H3. The van der Waals surface area contributed by atoms with Crippen LogP contribution in [-0.2, 0) is 6.61 Å². The summed E-state index contributed by atoms with van der Waals surface area (Å²) in [5.74, 6) is 2.47. The Morgan fingerprint density at radius 2 is 1.68 bits per heavy atom. The summed E-state index contributed by atoms with van der Waals surface area (Å²) in [5.41, 5.74) is 5.24. The first-order valence-electron chi connectivity index (χ1n) is 11.3. The van der Waals surface area contributed by atoms with Crippen LogP contribution in [0.1, 0.15) is 29.6 Å². The maximum Gasteiger partial charge on any atom is 0.230 e. The van der Waals surface area contributed by atoms with Crippen LogP contribution in [0.4, 0.5) is 0 Å². The van der Waals surface area contributed by atoms with Gasteiger partial charge >= 0.3 is 0 Å². The number of aryl methyl sites for hydroxylation is 3. The molecule has 3 heterocycles. The van der Waals surface area contributed by atoms with Gasteiger partial charge in [-0.1, -0.05) is 30.3 Å². The second-order valence-corrected chi connectivity index (χ2v) is 8.05. The zero-order chi connectivity index (χ0) is 23.7. The number of pyridine rings is 1. The Balaban J connectivity index is 1.44. The highest BCUT2D eigenvalue weighted by atomic mass is 16.5. The van der Waals surface area contributed by atoms with E-state index >= 15 is 0 Å². The normalized spacial score (nSPS) is 11.2. The summed E-state index contributed by atoms with van der Waals surface area (Å²) in [5, 5.41) is 5.75. The number of nitrogens with zero attached hydrogens (tertiary/aromatic N) is 4. The van der Waals surface area contributed by atoms with Gasteiger partial charge in [0.1, 0.15) is 23.8 Å². The van der Waals surface area contributed by atoms with Gasteiger partial charge in [-0.3, -0.25) is 0 Å². The summed E-state index contributed by atoms with van der Waals surface area (Å²) in [6, 6.07) is 19.6. The topological polar surface area (TPSA) is 75.2 Å². The third kappa shape index (κ3) is 4.01. The molecule has 0 radical (unpaired) electrons. The van der Waals surface area contributed by atoms with E-state index < -0.39 is 0 Å². The molecule has 0 aliphatic carbocycles. The Morgan fingerprint density at radius 1 is 0.912 bits per heavy atom. The molecule has 0 bridgehead atoms. The quantitative estimate of drug-likeness (QED) is 0.301. The molecule has 5 rings (SSSR count). The molecule has 0 saturated carbocycles. The summed E-state index contributed by atoms with van der Waals surface area (Å²) in [6.07, 6.45) is 0. The van der Waals surface area contributed by atoms with E-state index in [1.165, 1.54) is 0 Å².